The summed E-state index contributed by atoms with van der Waals surface area (Å²) in [6.07, 6.45) is 0. The van der Waals surface area contributed by atoms with Crippen molar-refractivity contribution in [3.05, 3.63) is 28.3 Å². The minimum absolute atomic E-state index is 0.0385. The first-order valence-electron chi connectivity index (χ1n) is 6.94. The van der Waals surface area contributed by atoms with Crippen LogP contribution in [0.3, 0.4) is 0 Å². The fourth-order valence-corrected chi connectivity index (χ4v) is 2.13. The Kier molecular flexibility index (Phi) is 4.98. The normalized spacial score (nSPS) is 12.9. The highest BCUT2D eigenvalue weighted by molar-refractivity contribution is 5.77. The SMILES string of the molecule is CCNc1cccc(N(C)C(C)C(C)(C)C)c1[N+](=O)[O-]. The van der Waals surface area contributed by atoms with Crippen LogP contribution in [0.1, 0.15) is 34.6 Å². The topological polar surface area (TPSA) is 58.4 Å². The van der Waals surface area contributed by atoms with Crippen molar-refractivity contribution >= 4 is 17.1 Å². The highest BCUT2D eigenvalue weighted by Gasteiger charge is 2.29. The molecule has 0 radical (unpaired) electrons. The highest BCUT2D eigenvalue weighted by Crippen LogP contribution is 2.38. The molecule has 0 aliphatic heterocycles. The van der Waals surface area contributed by atoms with Crippen molar-refractivity contribution < 1.29 is 4.92 Å². The van der Waals surface area contributed by atoms with Gasteiger partial charge in [-0.05, 0) is 31.4 Å². The number of hydrogen-bond donors (Lipinski definition) is 1. The van der Waals surface area contributed by atoms with Crippen LogP contribution in [-0.2, 0) is 0 Å². The zero-order valence-corrected chi connectivity index (χ0v) is 13.2. The summed E-state index contributed by atoms with van der Waals surface area (Å²) >= 11 is 0. The first kappa shape index (κ1) is 16.3. The van der Waals surface area contributed by atoms with Crippen molar-refractivity contribution in [1.29, 1.82) is 0 Å². The van der Waals surface area contributed by atoms with Crippen LogP contribution >= 0.6 is 0 Å². The van der Waals surface area contributed by atoms with Crippen LogP contribution in [0.4, 0.5) is 17.1 Å². The number of nitrogens with zero attached hydrogens (tertiary/aromatic N) is 2. The van der Waals surface area contributed by atoms with E-state index in [0.29, 0.717) is 17.9 Å². The Bertz CT molecular complexity index is 480. The summed E-state index contributed by atoms with van der Waals surface area (Å²) in [4.78, 5) is 13.1. The summed E-state index contributed by atoms with van der Waals surface area (Å²) in [5.41, 5.74) is 1.41. The minimum atomic E-state index is -0.306. The number of rotatable bonds is 5. The quantitative estimate of drug-likeness (QED) is 0.656. The predicted octanol–water partition coefficient (Wildman–Crippen LogP) is 3.90. The molecular formula is C15H25N3O2. The lowest BCUT2D eigenvalue weighted by molar-refractivity contribution is -0.383. The lowest BCUT2D eigenvalue weighted by Crippen LogP contribution is -2.39. The zero-order valence-electron chi connectivity index (χ0n) is 13.2. The molecule has 0 aliphatic carbocycles. The number of nitro benzene ring substituents is 1. The Morgan fingerprint density at radius 2 is 2.00 bits per heavy atom. The smallest absolute Gasteiger partial charge is 0.315 e. The van der Waals surface area contributed by atoms with Gasteiger partial charge in [-0.25, -0.2) is 0 Å². The van der Waals surface area contributed by atoms with Crippen LogP contribution < -0.4 is 10.2 Å². The summed E-state index contributed by atoms with van der Waals surface area (Å²) in [5, 5.41) is 14.5. The van der Waals surface area contributed by atoms with Gasteiger partial charge in [0.1, 0.15) is 11.4 Å². The van der Waals surface area contributed by atoms with Gasteiger partial charge in [0.05, 0.1) is 4.92 Å². The molecule has 20 heavy (non-hydrogen) atoms. The first-order chi connectivity index (χ1) is 9.20. The van der Waals surface area contributed by atoms with E-state index >= 15 is 0 Å². The first-order valence-corrected chi connectivity index (χ1v) is 6.94. The third-order valence-electron chi connectivity index (χ3n) is 3.78. The van der Waals surface area contributed by atoms with Crippen molar-refractivity contribution in [3.63, 3.8) is 0 Å². The van der Waals surface area contributed by atoms with Crippen molar-refractivity contribution in [1.82, 2.24) is 0 Å². The van der Waals surface area contributed by atoms with E-state index in [-0.39, 0.29) is 22.1 Å². The predicted molar refractivity (Wildman–Crippen MR) is 84.6 cm³/mol. The van der Waals surface area contributed by atoms with Gasteiger partial charge < -0.3 is 10.2 Å². The van der Waals surface area contributed by atoms with Gasteiger partial charge in [0, 0.05) is 19.6 Å². The summed E-state index contributed by atoms with van der Waals surface area (Å²) < 4.78 is 0. The third-order valence-corrected chi connectivity index (χ3v) is 3.78. The fraction of sp³-hybridized carbons (Fsp3) is 0.600. The Hall–Kier alpha value is -1.78. The Morgan fingerprint density at radius 1 is 1.40 bits per heavy atom. The molecule has 0 heterocycles. The van der Waals surface area contributed by atoms with Gasteiger partial charge in [0.15, 0.2) is 0 Å². The number of para-hydroxylation sites is 1. The third kappa shape index (κ3) is 3.40. The van der Waals surface area contributed by atoms with Crippen molar-refractivity contribution in [2.45, 2.75) is 40.7 Å². The molecule has 1 unspecified atom stereocenters. The molecule has 5 heteroatoms. The average Bonchev–Trinajstić information content (AvgIpc) is 2.35. The summed E-state index contributed by atoms with van der Waals surface area (Å²) in [6, 6.07) is 5.59. The van der Waals surface area contributed by atoms with Crippen molar-refractivity contribution in [3.8, 4) is 0 Å². The van der Waals surface area contributed by atoms with Crippen LogP contribution in [0.25, 0.3) is 0 Å². The van der Waals surface area contributed by atoms with Crippen molar-refractivity contribution in [2.24, 2.45) is 5.41 Å². The van der Waals surface area contributed by atoms with E-state index in [0.717, 1.165) is 0 Å². The maximum Gasteiger partial charge on any atom is 0.315 e. The molecule has 0 aromatic heterocycles. The second kappa shape index (κ2) is 6.11. The maximum atomic E-state index is 11.4. The zero-order chi connectivity index (χ0) is 15.5. The van der Waals surface area contributed by atoms with E-state index in [2.05, 4.69) is 33.0 Å². The largest absolute Gasteiger partial charge is 0.380 e. The second-order valence-electron chi connectivity index (χ2n) is 6.11. The lowest BCUT2D eigenvalue weighted by atomic mass is 9.87. The van der Waals surface area contributed by atoms with Gasteiger partial charge in [0.25, 0.3) is 0 Å². The van der Waals surface area contributed by atoms with Gasteiger partial charge >= 0.3 is 5.69 Å². The van der Waals surface area contributed by atoms with Crippen LogP contribution in [0, 0.1) is 15.5 Å². The molecule has 5 nitrogen and oxygen atoms in total. The molecule has 1 rings (SSSR count). The molecule has 1 aromatic rings. The molecule has 0 spiro atoms. The average molecular weight is 279 g/mol. The second-order valence-corrected chi connectivity index (χ2v) is 6.11. The lowest BCUT2D eigenvalue weighted by Gasteiger charge is -2.36. The summed E-state index contributed by atoms with van der Waals surface area (Å²) in [6.45, 7) is 11.1. The molecule has 0 saturated carbocycles. The standard InChI is InChI=1S/C15H25N3O2/c1-7-16-12-9-8-10-13(14(12)18(19)20)17(6)11(2)15(3,4)5/h8-11,16H,7H2,1-6H3. The number of anilines is 2. The Balaban J connectivity index is 3.30. The molecule has 0 fully saturated rings. The Labute approximate surface area is 121 Å². The van der Waals surface area contributed by atoms with E-state index in [9.17, 15) is 10.1 Å². The van der Waals surface area contributed by atoms with Gasteiger partial charge in [-0.1, -0.05) is 26.8 Å². The molecule has 0 amide bonds. The van der Waals surface area contributed by atoms with E-state index in [1.54, 1.807) is 12.1 Å². The molecular weight excluding hydrogens is 254 g/mol. The molecule has 112 valence electrons. The van der Waals surface area contributed by atoms with Crippen LogP contribution in [-0.4, -0.2) is 24.6 Å². The minimum Gasteiger partial charge on any atom is -0.380 e. The van der Waals surface area contributed by atoms with Crippen molar-refractivity contribution in [2.75, 3.05) is 23.8 Å². The monoisotopic (exact) mass is 279 g/mol. The Morgan fingerprint density at radius 3 is 2.45 bits per heavy atom. The van der Waals surface area contributed by atoms with Gasteiger partial charge in [0.2, 0.25) is 0 Å². The molecule has 0 saturated heterocycles. The van der Waals surface area contributed by atoms with Gasteiger partial charge in [-0.2, -0.15) is 0 Å². The highest BCUT2D eigenvalue weighted by atomic mass is 16.6. The molecule has 0 bridgehead atoms. The maximum absolute atomic E-state index is 11.4. The number of hydrogen-bond acceptors (Lipinski definition) is 4. The van der Waals surface area contributed by atoms with E-state index in [4.69, 9.17) is 0 Å². The number of benzene rings is 1. The molecule has 1 atom stereocenters. The van der Waals surface area contributed by atoms with E-state index in [1.807, 2.05) is 24.9 Å². The van der Waals surface area contributed by atoms with Crippen LogP contribution in [0.15, 0.2) is 18.2 Å². The molecule has 0 aliphatic rings. The van der Waals surface area contributed by atoms with E-state index < -0.39 is 0 Å². The van der Waals surface area contributed by atoms with Gasteiger partial charge in [-0.3, -0.25) is 10.1 Å². The van der Waals surface area contributed by atoms with E-state index in [1.165, 1.54) is 0 Å². The number of nitro groups is 1. The number of nitrogens with one attached hydrogen (secondary N) is 1. The summed E-state index contributed by atoms with van der Waals surface area (Å²) in [5.74, 6) is 0. The van der Waals surface area contributed by atoms with Crippen LogP contribution in [0.2, 0.25) is 0 Å². The van der Waals surface area contributed by atoms with Gasteiger partial charge in [-0.15, -0.1) is 0 Å². The fourth-order valence-electron chi connectivity index (χ4n) is 2.13. The molecule has 1 aromatic carbocycles. The molecule has 1 N–H and O–H groups in total. The summed E-state index contributed by atoms with van der Waals surface area (Å²) in [7, 11) is 1.91. The van der Waals surface area contributed by atoms with Crippen LogP contribution in [0.5, 0.6) is 0 Å².